The molecule has 2 aromatic rings. The molecule has 1 amide bonds. The van der Waals surface area contributed by atoms with Crippen LogP contribution in [0.25, 0.3) is 11.0 Å². The first-order valence-electron chi connectivity index (χ1n) is 9.40. The van der Waals surface area contributed by atoms with Crippen LogP contribution in [0.5, 0.6) is 0 Å². The van der Waals surface area contributed by atoms with Gasteiger partial charge in [0.05, 0.1) is 23.2 Å². The number of aromatic nitrogens is 2. The Morgan fingerprint density at radius 1 is 1.14 bits per heavy atom. The van der Waals surface area contributed by atoms with E-state index in [0.29, 0.717) is 17.5 Å². The van der Waals surface area contributed by atoms with E-state index in [9.17, 15) is 19.4 Å². The molecule has 2 atom stereocenters. The maximum absolute atomic E-state index is 13.1. The molecule has 8 nitrogen and oxygen atoms in total. The van der Waals surface area contributed by atoms with Crippen molar-refractivity contribution in [2.24, 2.45) is 5.41 Å². The van der Waals surface area contributed by atoms with Crippen molar-refractivity contribution in [2.45, 2.75) is 53.1 Å². The van der Waals surface area contributed by atoms with Gasteiger partial charge in [0.15, 0.2) is 0 Å². The maximum Gasteiger partial charge on any atom is 0.378 e. The number of nitrogens with zero attached hydrogens (tertiary/aromatic N) is 2. The van der Waals surface area contributed by atoms with Crippen LogP contribution in [0.2, 0.25) is 6.82 Å². The Hall–Kier alpha value is -2.39. The average Bonchev–Trinajstić information content (AvgIpc) is 2.84. The van der Waals surface area contributed by atoms with Crippen LogP contribution in [0, 0.1) is 12.3 Å². The van der Waals surface area contributed by atoms with Crippen LogP contribution in [0.1, 0.15) is 31.9 Å². The van der Waals surface area contributed by atoms with E-state index >= 15 is 0 Å². The Balaban J connectivity index is 2.13. The maximum atomic E-state index is 13.1. The Labute approximate surface area is 163 Å². The van der Waals surface area contributed by atoms with E-state index < -0.39 is 24.2 Å². The lowest BCUT2D eigenvalue weighted by atomic mass is 9.78. The van der Waals surface area contributed by atoms with Gasteiger partial charge in [0.2, 0.25) is 5.91 Å². The third kappa shape index (κ3) is 3.29. The van der Waals surface area contributed by atoms with Crippen LogP contribution in [0.15, 0.2) is 21.7 Å². The summed E-state index contributed by atoms with van der Waals surface area (Å²) in [7, 11) is 0.931. The second-order valence-electron chi connectivity index (χ2n) is 8.68. The summed E-state index contributed by atoms with van der Waals surface area (Å²) >= 11 is 0. The minimum atomic E-state index is -0.822. The number of carbonyl (C=O) groups excluding carboxylic acids is 1. The summed E-state index contributed by atoms with van der Waals surface area (Å²) in [6.45, 7) is 9.66. The van der Waals surface area contributed by atoms with Gasteiger partial charge in [-0.2, -0.15) is 0 Å². The van der Waals surface area contributed by atoms with Gasteiger partial charge in [0.25, 0.3) is 0 Å². The first-order chi connectivity index (χ1) is 12.9. The number of rotatable bonds is 3. The normalized spacial score (nSPS) is 21.0. The lowest BCUT2D eigenvalue weighted by Gasteiger charge is -2.39. The molecule has 0 radical (unpaired) electrons. The van der Waals surface area contributed by atoms with Crippen LogP contribution in [0.3, 0.4) is 0 Å². The van der Waals surface area contributed by atoms with E-state index in [1.54, 1.807) is 24.8 Å². The summed E-state index contributed by atoms with van der Waals surface area (Å²) in [5.74, 6) is -0.0796. The SMILES string of the molecule is CB(O)N1C(Cc2c(C)ccc3[nH]c(=O)c(=O)[nH]c23)C(=O)N(C)C1C(C)(C)C. The van der Waals surface area contributed by atoms with Crippen LogP contribution in [-0.4, -0.2) is 56.9 Å². The molecule has 0 saturated carbocycles. The number of carbonyl (C=O) groups is 1. The molecular weight excluding hydrogens is 359 g/mol. The van der Waals surface area contributed by atoms with Crippen LogP contribution in [0.4, 0.5) is 0 Å². The van der Waals surface area contributed by atoms with E-state index in [-0.39, 0.29) is 17.5 Å². The quantitative estimate of drug-likeness (QED) is 0.531. The minimum Gasteiger partial charge on any atom is -0.437 e. The summed E-state index contributed by atoms with van der Waals surface area (Å²) in [6.07, 6.45) is 0.0466. The standard InChI is InChI=1S/C19H27BN4O4/c1-10-7-8-12-14(22-16(26)15(25)21-12)11(10)9-13-17(27)23(6)18(19(2,3)4)24(13)20(5)28/h7-8,13,18,28H,9H2,1-6H3,(H,21,25)(H,22,26). The van der Waals surface area contributed by atoms with Crippen molar-refractivity contribution < 1.29 is 9.82 Å². The van der Waals surface area contributed by atoms with Gasteiger partial charge >= 0.3 is 18.2 Å². The second-order valence-corrected chi connectivity index (χ2v) is 8.68. The summed E-state index contributed by atoms with van der Waals surface area (Å²) in [6, 6.07) is 3.01. The van der Waals surface area contributed by atoms with E-state index in [4.69, 9.17) is 0 Å². The highest BCUT2D eigenvalue weighted by molar-refractivity contribution is 6.46. The van der Waals surface area contributed by atoms with Crippen LogP contribution >= 0.6 is 0 Å². The molecular formula is C19H27BN4O4. The van der Waals surface area contributed by atoms with Crippen molar-refractivity contribution in [2.75, 3.05) is 7.05 Å². The van der Waals surface area contributed by atoms with Gasteiger partial charge < -0.3 is 19.9 Å². The van der Waals surface area contributed by atoms with Crippen molar-refractivity contribution >= 4 is 24.0 Å². The number of amides is 1. The van der Waals surface area contributed by atoms with E-state index in [2.05, 4.69) is 9.97 Å². The number of H-pyrrole nitrogens is 2. The van der Waals surface area contributed by atoms with Gasteiger partial charge in [-0.1, -0.05) is 26.8 Å². The zero-order valence-electron chi connectivity index (χ0n) is 17.2. The van der Waals surface area contributed by atoms with Crippen molar-refractivity contribution in [3.8, 4) is 0 Å². The Morgan fingerprint density at radius 3 is 2.32 bits per heavy atom. The third-order valence-electron chi connectivity index (χ3n) is 5.49. The topological polar surface area (TPSA) is 109 Å². The fraction of sp³-hybridized carbons (Fsp3) is 0.526. The number of fused-ring (bicyclic) bond motifs is 1. The average molecular weight is 386 g/mol. The van der Waals surface area contributed by atoms with E-state index in [1.165, 1.54) is 0 Å². The molecule has 0 aliphatic carbocycles. The monoisotopic (exact) mass is 386 g/mol. The van der Waals surface area contributed by atoms with Gasteiger partial charge in [-0.15, -0.1) is 0 Å². The Bertz CT molecular complexity index is 1040. The number of aromatic amines is 2. The Kier molecular flexibility index (Phi) is 5.01. The zero-order valence-corrected chi connectivity index (χ0v) is 17.2. The van der Waals surface area contributed by atoms with Gasteiger partial charge in [0.1, 0.15) is 0 Å². The number of benzene rings is 1. The number of hydrogen-bond acceptors (Lipinski definition) is 5. The molecule has 1 aromatic heterocycles. The molecule has 0 spiro atoms. The van der Waals surface area contributed by atoms with Crippen molar-refractivity contribution in [3.63, 3.8) is 0 Å². The minimum absolute atomic E-state index is 0.0796. The number of aryl methyl sites for hydroxylation is 1. The number of hydrogen-bond donors (Lipinski definition) is 3. The molecule has 0 bridgehead atoms. The fourth-order valence-corrected chi connectivity index (χ4v) is 4.34. The van der Waals surface area contributed by atoms with Gasteiger partial charge in [0, 0.05) is 7.05 Å². The predicted octanol–water partition coefficient (Wildman–Crippen LogP) is 0.692. The Morgan fingerprint density at radius 2 is 1.75 bits per heavy atom. The molecule has 1 fully saturated rings. The second kappa shape index (κ2) is 6.90. The molecule has 3 rings (SSSR count). The van der Waals surface area contributed by atoms with Crippen LogP contribution in [-0.2, 0) is 11.2 Å². The van der Waals surface area contributed by atoms with Crippen molar-refractivity contribution in [1.29, 1.82) is 0 Å². The summed E-state index contributed by atoms with van der Waals surface area (Å²) < 4.78 is 0. The smallest absolute Gasteiger partial charge is 0.378 e. The summed E-state index contributed by atoms with van der Waals surface area (Å²) in [5, 5.41) is 10.5. The largest absolute Gasteiger partial charge is 0.437 e. The fourth-order valence-electron chi connectivity index (χ4n) is 4.34. The summed E-state index contributed by atoms with van der Waals surface area (Å²) in [5.41, 5.74) is 1.01. The van der Waals surface area contributed by atoms with Crippen molar-refractivity contribution in [3.05, 3.63) is 44.0 Å². The highest BCUT2D eigenvalue weighted by Gasteiger charge is 2.51. The number of nitrogens with one attached hydrogen (secondary N) is 2. The molecule has 1 aliphatic rings. The van der Waals surface area contributed by atoms with E-state index in [1.807, 2.05) is 38.6 Å². The summed E-state index contributed by atoms with van der Waals surface area (Å²) in [4.78, 5) is 45.4. The first-order valence-corrected chi connectivity index (χ1v) is 9.40. The van der Waals surface area contributed by atoms with Crippen molar-refractivity contribution in [1.82, 2.24) is 19.7 Å². The molecule has 1 aromatic carbocycles. The first kappa shape index (κ1) is 20.4. The molecule has 2 unspecified atom stereocenters. The lowest BCUT2D eigenvalue weighted by molar-refractivity contribution is -0.129. The number of likely N-dealkylation sites (N-methyl/N-ethyl adjacent to an activating group) is 1. The van der Waals surface area contributed by atoms with Gasteiger partial charge in [-0.05, 0) is 42.8 Å². The highest BCUT2D eigenvalue weighted by Crippen LogP contribution is 2.36. The highest BCUT2D eigenvalue weighted by atomic mass is 16.2. The molecule has 1 aliphatic heterocycles. The third-order valence-corrected chi connectivity index (χ3v) is 5.49. The molecule has 2 heterocycles. The lowest BCUT2D eigenvalue weighted by Crippen LogP contribution is -2.54. The van der Waals surface area contributed by atoms with Crippen LogP contribution < -0.4 is 11.1 Å². The molecule has 150 valence electrons. The molecule has 28 heavy (non-hydrogen) atoms. The molecule has 1 saturated heterocycles. The predicted molar refractivity (Wildman–Crippen MR) is 109 cm³/mol. The van der Waals surface area contributed by atoms with Gasteiger partial charge in [-0.25, -0.2) is 0 Å². The van der Waals surface area contributed by atoms with E-state index in [0.717, 1.165) is 11.1 Å². The molecule has 3 N–H and O–H groups in total. The molecule has 9 heteroatoms. The van der Waals surface area contributed by atoms with Gasteiger partial charge in [-0.3, -0.25) is 19.2 Å². The zero-order chi connectivity index (χ0) is 21.0.